The first-order valence-electron chi connectivity index (χ1n) is 7.85. The highest BCUT2D eigenvalue weighted by Crippen LogP contribution is 2.60. The Labute approximate surface area is 196 Å². The van der Waals surface area contributed by atoms with E-state index in [1.54, 1.807) is 0 Å². The molecular weight excluding hydrogens is 557 g/mol. The minimum atomic E-state index is -6.14. The lowest BCUT2D eigenvalue weighted by molar-refractivity contribution is -0.339. The predicted octanol–water partition coefficient (Wildman–Crippen LogP) is -2.65. The van der Waals surface area contributed by atoms with E-state index < -0.39 is 54.6 Å². The molecule has 3 heterocycles. The number of nitrogens with two attached hydrogens (primary N) is 1. The van der Waals surface area contributed by atoms with Gasteiger partial charge < -0.3 is 73.9 Å². The van der Waals surface area contributed by atoms with Crippen LogP contribution in [0.1, 0.15) is 6.23 Å². The van der Waals surface area contributed by atoms with Gasteiger partial charge >= 0.3 is 0 Å². The molecule has 1 saturated heterocycles. The van der Waals surface area contributed by atoms with E-state index in [-0.39, 0.29) is 41.6 Å². The minimum Gasteiger partial charge on any atom is -0.790 e. The van der Waals surface area contributed by atoms with Gasteiger partial charge in [0.1, 0.15) is 30.2 Å². The Morgan fingerprint density at radius 2 is 1.57 bits per heavy atom. The summed E-state index contributed by atoms with van der Waals surface area (Å²) in [6, 6.07) is 0. The second-order valence-corrected chi connectivity index (χ2v) is 10.2. The second-order valence-electron chi connectivity index (χ2n) is 5.93. The van der Waals surface area contributed by atoms with E-state index in [2.05, 4.69) is 28.1 Å². The maximum Gasteiger partial charge on any atom is 0.278 e. The topological polar surface area (TPSA) is 436 Å². The Hall–Kier alpha value is -1.52. The van der Waals surface area contributed by atoms with Crippen molar-refractivity contribution in [1.82, 2.24) is 44.1 Å². The van der Waals surface area contributed by atoms with Crippen molar-refractivity contribution in [2.45, 2.75) is 24.5 Å². The number of imidazole rings is 1. The number of hydrogen-bond donors (Lipinski definition) is 7. The lowest BCUT2D eigenvalue weighted by Crippen LogP contribution is -2.34. The normalized spacial score (nSPS) is 25.2. The number of aliphatic hydroxyl groups excluding tert-OH is 2. The molecule has 2 unspecified atom stereocenters. The van der Waals surface area contributed by atoms with Crippen molar-refractivity contribution in [1.29, 1.82) is 0 Å². The zero-order valence-corrected chi connectivity index (χ0v) is 21.4. The molecule has 20 N–H and O–H groups in total. The summed E-state index contributed by atoms with van der Waals surface area (Å²) in [6.45, 7) is -1.08. The summed E-state index contributed by atoms with van der Waals surface area (Å²) in [5, 5.41) is 20.3. The van der Waals surface area contributed by atoms with Crippen molar-refractivity contribution in [3.8, 4) is 0 Å². The smallest absolute Gasteiger partial charge is 0.278 e. The number of hydrogen-bond acceptors (Lipinski definition) is 17. The highest BCUT2D eigenvalue weighted by atomic mass is 31.3. The quantitative estimate of drug-likeness (QED) is 0.123. The Balaban J connectivity index is 0. The molecular formula is C10H28N9O13P3. The van der Waals surface area contributed by atoms with Crippen LogP contribution >= 0.6 is 23.5 Å². The van der Waals surface area contributed by atoms with Gasteiger partial charge in [-0.05, 0) is 0 Å². The third-order valence-electron chi connectivity index (χ3n) is 3.80. The van der Waals surface area contributed by atoms with Crippen LogP contribution in [0, 0.1) is 0 Å². The van der Waals surface area contributed by atoms with E-state index in [0.717, 1.165) is 12.7 Å². The van der Waals surface area contributed by atoms with E-state index >= 15 is 0 Å². The van der Waals surface area contributed by atoms with Crippen LogP contribution in [0.2, 0.25) is 0 Å². The molecule has 25 heteroatoms. The van der Waals surface area contributed by atoms with Crippen LogP contribution < -0.4 is 49.9 Å². The molecule has 0 bridgehead atoms. The third kappa shape index (κ3) is 8.53. The molecule has 1 fully saturated rings. The largest absolute Gasteiger partial charge is 0.790 e. The van der Waals surface area contributed by atoms with E-state index in [1.165, 1.54) is 4.57 Å². The van der Waals surface area contributed by atoms with Gasteiger partial charge in [0.25, 0.3) is 15.6 Å². The van der Waals surface area contributed by atoms with Crippen LogP contribution in [0.3, 0.4) is 0 Å². The molecule has 0 spiro atoms. The molecule has 1 aliphatic heterocycles. The first-order chi connectivity index (χ1) is 14.2. The summed E-state index contributed by atoms with van der Waals surface area (Å²) >= 11 is 0. The highest BCUT2D eigenvalue weighted by molar-refractivity contribution is 7.64. The molecule has 6 atom stereocenters. The van der Waals surface area contributed by atoms with Crippen molar-refractivity contribution in [2.75, 3.05) is 12.3 Å². The molecule has 2 aromatic heterocycles. The summed E-state index contributed by atoms with van der Waals surface area (Å²) in [5.41, 5.74) is 5.92. The Morgan fingerprint density at radius 3 is 2.14 bits per heavy atom. The van der Waals surface area contributed by atoms with Gasteiger partial charge in [0.15, 0.2) is 17.7 Å². The van der Waals surface area contributed by atoms with Crippen LogP contribution in [0.4, 0.5) is 5.82 Å². The van der Waals surface area contributed by atoms with Crippen molar-refractivity contribution in [3.05, 3.63) is 12.7 Å². The number of nitrogen functional groups attached to an aromatic ring is 1. The van der Waals surface area contributed by atoms with Gasteiger partial charge in [0, 0.05) is 0 Å². The number of fused-ring (bicyclic) bond motifs is 1. The number of nitrogens with zero attached hydrogens (tertiary/aromatic N) is 4. The number of ether oxygens (including phenoxy) is 1. The molecule has 0 radical (unpaired) electrons. The molecule has 3 rings (SSSR count). The zero-order valence-electron chi connectivity index (χ0n) is 18.8. The molecule has 0 saturated carbocycles. The Kier molecular flexibility index (Phi) is 12.9. The molecule has 2 aromatic rings. The summed E-state index contributed by atoms with van der Waals surface area (Å²) in [6.07, 6.45) is -3.99. The number of rotatable bonds is 8. The van der Waals surface area contributed by atoms with Crippen LogP contribution in [0.15, 0.2) is 12.7 Å². The van der Waals surface area contributed by atoms with Crippen LogP contribution in [-0.2, 0) is 31.6 Å². The lowest BCUT2D eigenvalue weighted by Gasteiger charge is -2.37. The standard InChI is InChI=1S/C10H16N5O13P3.4H3N/c11-8-5-9(13-2-12-8)15(3-14-5)10-7(17)6(16)4(26-10)1-25-30(21,22)28-31(23,24)27-29(18,19)20;;;;/h2-4,6-7,10,16-17H,1H2,(H,21,22)(H,23,24)(H2,11,12,13)(H2,18,19,20);4*1H3/t4-,6-,7-,10-;;;;/m1..../s1/i1+1,2+1,3+1,4+1,5+1,6+1,7+1,8+1,9+1,10+1,11+0,12+0,13+0,14+0,15+0;;;;. The van der Waals surface area contributed by atoms with Crippen molar-refractivity contribution in [2.24, 2.45) is 0 Å². The van der Waals surface area contributed by atoms with Crippen LogP contribution in [-0.4, -0.2) is 54.7 Å². The van der Waals surface area contributed by atoms with Gasteiger partial charge in [-0.3, -0.25) is 18.0 Å². The molecule has 1 aliphatic rings. The number of anilines is 1. The highest BCUT2D eigenvalue weighted by Gasteiger charge is 2.45. The van der Waals surface area contributed by atoms with E-state index in [4.69, 9.17) is 10.5 Å². The van der Waals surface area contributed by atoms with Crippen LogP contribution in [0.25, 0.3) is 11.2 Å². The lowest BCUT2D eigenvalue weighted by atomic mass is 11.1. The van der Waals surface area contributed by atoms with Gasteiger partial charge in [-0.25, -0.2) is 19.3 Å². The third-order valence-corrected chi connectivity index (χ3v) is 7.46. The molecule has 0 amide bonds. The first kappa shape index (κ1) is 35.6. The van der Waals surface area contributed by atoms with E-state index in [1.807, 2.05) is 0 Å². The molecule has 35 heavy (non-hydrogen) atoms. The fourth-order valence-electron chi connectivity index (χ4n) is 2.60. The summed E-state index contributed by atoms with van der Waals surface area (Å²) in [7, 11) is -18.1. The maximum atomic E-state index is 11.6. The van der Waals surface area contributed by atoms with Crippen molar-refractivity contribution >= 4 is 40.4 Å². The van der Waals surface area contributed by atoms with Gasteiger partial charge in [-0.15, -0.1) is 0 Å². The number of quaternary nitrogens is 4. The second kappa shape index (κ2) is 12.6. The van der Waals surface area contributed by atoms with Crippen LogP contribution in [0.5, 0.6) is 0 Å². The average molecular weight is 585 g/mol. The van der Waals surface area contributed by atoms with Crippen molar-refractivity contribution in [3.63, 3.8) is 0 Å². The van der Waals surface area contributed by atoms with Gasteiger partial charge in [-0.1, -0.05) is 0 Å². The molecule has 0 aromatic carbocycles. The Morgan fingerprint density at radius 1 is 0.971 bits per heavy atom. The van der Waals surface area contributed by atoms with Gasteiger partial charge in [0.2, 0.25) is 0 Å². The Bertz CT molecular complexity index is 1110. The average Bonchev–Trinajstić information content (AvgIpc) is 3.13. The monoisotopic (exact) mass is 585 g/mol. The van der Waals surface area contributed by atoms with E-state index in [0.29, 0.717) is 0 Å². The first-order valence-corrected chi connectivity index (χ1v) is 12.2. The fourth-order valence-corrected chi connectivity index (χ4v) is 5.47. The maximum absolute atomic E-state index is 11.6. The fraction of sp³-hybridized carbons (Fsp3) is 0.500. The number of phosphoric acid groups is 3. The van der Waals surface area contributed by atoms with E-state index in [9.17, 15) is 43.5 Å². The summed E-state index contributed by atoms with van der Waals surface area (Å²) in [4.78, 5) is 54.9. The summed E-state index contributed by atoms with van der Waals surface area (Å²) in [5.74, 6) is 0.0195. The molecule has 0 aliphatic carbocycles. The summed E-state index contributed by atoms with van der Waals surface area (Å²) < 4.78 is 50.2. The number of aliphatic hydroxyl groups is 2. The predicted molar refractivity (Wildman–Crippen MR) is 111 cm³/mol. The molecule has 22 nitrogen and oxygen atoms in total. The number of phosphoric ester groups is 1. The SMILES string of the molecule is [14NH2][13c]1[14n][13cH][14n][13c]2[13c]1[14n][13cH][14n]2[13C@@H]1O[13C@H]([13CH2]OP(=O)([O-])OP(=O)([O-])OP(=O)([O-])[O-])[13C@@H](O)[13C@H]1O.[NH4+].[NH4+].[NH4+].[NH4+]. The number of aromatic nitrogens is 4. The molecule has 206 valence electrons. The van der Waals surface area contributed by atoms with Gasteiger partial charge in [0.05, 0.1) is 20.8 Å². The zero-order chi connectivity index (χ0) is 23.2. The minimum absolute atomic E-state index is 0. The van der Waals surface area contributed by atoms with Crippen molar-refractivity contribution < 1.29 is 61.4 Å². The van der Waals surface area contributed by atoms with Gasteiger partial charge in [-0.2, -0.15) is 0 Å².